The zero-order valence-electron chi connectivity index (χ0n) is 5.34. The second kappa shape index (κ2) is 2.87. The highest BCUT2D eigenvalue weighted by Crippen LogP contribution is 2.32. The van der Waals surface area contributed by atoms with Crippen LogP contribution in [0.2, 0.25) is 0 Å². The second-order valence-corrected chi connectivity index (χ2v) is 1.92. The molecule has 0 aromatic heterocycles. The summed E-state index contributed by atoms with van der Waals surface area (Å²) < 4.78 is 46.3. The lowest BCUT2D eigenvalue weighted by atomic mass is 10.1. The minimum Gasteiger partial charge on any atom is -0.479 e. The van der Waals surface area contributed by atoms with Crippen molar-refractivity contribution in [3.8, 4) is 0 Å². The van der Waals surface area contributed by atoms with Gasteiger partial charge in [0.25, 0.3) is 6.17 Å². The summed E-state index contributed by atoms with van der Waals surface area (Å²) in [5, 5.41) is 23.6. The first-order valence-electron chi connectivity index (χ1n) is 2.49. The molecule has 0 heterocycles. The SMILES string of the molecule is O=C(O)C(F)C(O)(O)C(F)(F)F. The Kier molecular flexibility index (Phi) is 2.65. The maximum Gasteiger partial charge on any atom is 0.446 e. The minimum atomic E-state index is -5.75. The van der Waals surface area contributed by atoms with Crippen molar-refractivity contribution in [1.29, 1.82) is 0 Å². The van der Waals surface area contributed by atoms with Crippen LogP contribution in [0.3, 0.4) is 0 Å². The van der Waals surface area contributed by atoms with Gasteiger partial charge in [-0.05, 0) is 0 Å². The third kappa shape index (κ3) is 1.83. The minimum absolute atomic E-state index is 2.60. The van der Waals surface area contributed by atoms with Crippen molar-refractivity contribution in [3.05, 3.63) is 0 Å². The summed E-state index contributed by atoms with van der Waals surface area (Å²) in [6.45, 7) is 0. The Morgan fingerprint density at radius 2 is 1.58 bits per heavy atom. The molecule has 0 rings (SSSR count). The van der Waals surface area contributed by atoms with Gasteiger partial charge >= 0.3 is 17.9 Å². The van der Waals surface area contributed by atoms with Gasteiger partial charge in [-0.15, -0.1) is 0 Å². The third-order valence-corrected chi connectivity index (χ3v) is 0.987. The molecular formula is C4H4F4O4. The monoisotopic (exact) mass is 192 g/mol. The Labute approximate surface area is 63.0 Å². The first-order chi connectivity index (χ1) is 5.10. The van der Waals surface area contributed by atoms with Crippen LogP contribution in [0.15, 0.2) is 0 Å². The van der Waals surface area contributed by atoms with E-state index in [9.17, 15) is 22.4 Å². The molecule has 0 radical (unpaired) electrons. The molecule has 3 N–H and O–H groups in total. The smallest absolute Gasteiger partial charge is 0.446 e. The van der Waals surface area contributed by atoms with Crippen LogP contribution in [0.1, 0.15) is 0 Å². The predicted octanol–water partition coefficient (Wildman–Crippen LogP) is -0.348. The van der Waals surface area contributed by atoms with Crippen LogP contribution in [0.4, 0.5) is 17.6 Å². The topological polar surface area (TPSA) is 77.8 Å². The molecular weight excluding hydrogens is 188 g/mol. The van der Waals surface area contributed by atoms with Gasteiger partial charge in [-0.25, -0.2) is 9.18 Å². The molecule has 1 atom stereocenters. The number of carboxylic acids is 1. The van der Waals surface area contributed by atoms with Gasteiger partial charge in [-0.2, -0.15) is 13.2 Å². The van der Waals surface area contributed by atoms with Crippen molar-refractivity contribution in [3.63, 3.8) is 0 Å². The fraction of sp³-hybridized carbons (Fsp3) is 0.750. The van der Waals surface area contributed by atoms with E-state index in [1.165, 1.54) is 0 Å². The van der Waals surface area contributed by atoms with Gasteiger partial charge in [0, 0.05) is 0 Å². The summed E-state index contributed by atoms with van der Waals surface area (Å²) in [5.74, 6) is -7.45. The van der Waals surface area contributed by atoms with Crippen molar-refractivity contribution < 1.29 is 37.7 Å². The quantitative estimate of drug-likeness (QED) is 0.413. The molecule has 0 saturated heterocycles. The Morgan fingerprint density at radius 3 is 1.67 bits per heavy atom. The highest BCUT2D eigenvalue weighted by atomic mass is 19.4. The number of carbonyl (C=O) groups is 1. The van der Waals surface area contributed by atoms with Crippen molar-refractivity contribution in [2.45, 2.75) is 18.1 Å². The van der Waals surface area contributed by atoms with E-state index in [4.69, 9.17) is 15.3 Å². The number of rotatable bonds is 2. The highest BCUT2D eigenvalue weighted by Gasteiger charge is 2.61. The summed E-state index contributed by atoms with van der Waals surface area (Å²) >= 11 is 0. The fourth-order valence-electron chi connectivity index (χ4n) is 0.316. The van der Waals surface area contributed by atoms with Gasteiger partial charge < -0.3 is 15.3 Å². The predicted molar refractivity (Wildman–Crippen MR) is 25.8 cm³/mol. The lowest BCUT2D eigenvalue weighted by Crippen LogP contribution is -2.55. The Morgan fingerprint density at radius 1 is 1.25 bits per heavy atom. The molecule has 1 unspecified atom stereocenters. The summed E-state index contributed by atoms with van der Waals surface area (Å²) in [4.78, 5) is 9.60. The number of aliphatic carboxylic acids is 1. The van der Waals surface area contributed by atoms with E-state index in [0.29, 0.717) is 0 Å². The number of carboxylic acid groups (broad SMARTS) is 1. The molecule has 0 aliphatic carbocycles. The van der Waals surface area contributed by atoms with Crippen LogP contribution >= 0.6 is 0 Å². The molecule has 0 amide bonds. The molecule has 72 valence electrons. The van der Waals surface area contributed by atoms with Gasteiger partial charge in [0.15, 0.2) is 0 Å². The maximum atomic E-state index is 12.0. The lowest BCUT2D eigenvalue weighted by Gasteiger charge is -2.24. The Balaban J connectivity index is 4.73. The summed E-state index contributed by atoms with van der Waals surface area (Å²) in [6, 6.07) is 0. The zero-order valence-corrected chi connectivity index (χ0v) is 5.34. The van der Waals surface area contributed by atoms with Crippen LogP contribution in [-0.2, 0) is 4.79 Å². The van der Waals surface area contributed by atoms with E-state index in [1.54, 1.807) is 0 Å². The van der Waals surface area contributed by atoms with E-state index in [2.05, 4.69) is 0 Å². The van der Waals surface area contributed by atoms with Crippen LogP contribution in [0.25, 0.3) is 0 Å². The molecule has 0 fully saturated rings. The van der Waals surface area contributed by atoms with Crippen LogP contribution in [0, 0.1) is 0 Å². The van der Waals surface area contributed by atoms with Gasteiger partial charge in [-0.1, -0.05) is 0 Å². The number of hydrogen-bond acceptors (Lipinski definition) is 3. The van der Waals surface area contributed by atoms with E-state index in [-0.39, 0.29) is 0 Å². The molecule has 0 aromatic rings. The Bertz CT molecular complexity index is 186. The van der Waals surface area contributed by atoms with E-state index in [0.717, 1.165) is 0 Å². The summed E-state index contributed by atoms with van der Waals surface area (Å²) in [7, 11) is 0. The van der Waals surface area contributed by atoms with E-state index >= 15 is 0 Å². The number of hydrogen-bond donors (Lipinski definition) is 3. The molecule has 0 aromatic carbocycles. The molecule has 0 bridgehead atoms. The largest absolute Gasteiger partial charge is 0.479 e. The second-order valence-electron chi connectivity index (χ2n) is 1.92. The van der Waals surface area contributed by atoms with E-state index in [1.807, 2.05) is 0 Å². The maximum absolute atomic E-state index is 12.0. The van der Waals surface area contributed by atoms with Crippen LogP contribution in [0.5, 0.6) is 0 Å². The normalized spacial score (nSPS) is 15.8. The molecule has 0 saturated carbocycles. The molecule has 12 heavy (non-hydrogen) atoms. The first-order valence-corrected chi connectivity index (χ1v) is 2.49. The summed E-state index contributed by atoms with van der Waals surface area (Å²) in [5.41, 5.74) is 0. The molecule has 0 spiro atoms. The van der Waals surface area contributed by atoms with Crippen molar-refractivity contribution in [2.75, 3.05) is 0 Å². The lowest BCUT2D eigenvalue weighted by molar-refractivity contribution is -0.365. The average Bonchev–Trinajstić information content (AvgIpc) is 1.83. The number of aliphatic hydroxyl groups is 2. The zero-order chi connectivity index (χ0) is 10.2. The van der Waals surface area contributed by atoms with Crippen molar-refractivity contribution in [2.24, 2.45) is 0 Å². The molecule has 0 aliphatic rings. The number of alkyl halides is 4. The number of halogens is 4. The van der Waals surface area contributed by atoms with Gasteiger partial charge in [-0.3, -0.25) is 0 Å². The summed E-state index contributed by atoms with van der Waals surface area (Å²) in [6.07, 6.45) is -9.57. The van der Waals surface area contributed by atoms with Crippen molar-refractivity contribution in [1.82, 2.24) is 0 Å². The first kappa shape index (κ1) is 11.1. The van der Waals surface area contributed by atoms with Crippen LogP contribution in [-0.4, -0.2) is 39.4 Å². The molecule has 0 aliphatic heterocycles. The Hall–Kier alpha value is -0.890. The third-order valence-electron chi connectivity index (χ3n) is 0.987. The standard InChI is InChI=1S/C4H4F4O4/c5-1(2(9)10)3(11,12)4(6,7)8/h1,11-12H,(H,9,10). The fourth-order valence-corrected chi connectivity index (χ4v) is 0.316. The molecule has 8 heteroatoms. The van der Waals surface area contributed by atoms with Crippen molar-refractivity contribution >= 4 is 5.97 Å². The van der Waals surface area contributed by atoms with E-state index < -0.39 is 24.1 Å². The average molecular weight is 192 g/mol. The van der Waals surface area contributed by atoms with Crippen LogP contribution < -0.4 is 0 Å². The van der Waals surface area contributed by atoms with Gasteiger partial charge in [0.1, 0.15) is 0 Å². The van der Waals surface area contributed by atoms with Gasteiger partial charge in [0.05, 0.1) is 0 Å². The van der Waals surface area contributed by atoms with Gasteiger partial charge in [0.2, 0.25) is 0 Å². The molecule has 4 nitrogen and oxygen atoms in total. The highest BCUT2D eigenvalue weighted by molar-refractivity contribution is 5.73.